The Balaban J connectivity index is 2.27. The first-order valence-electron chi connectivity index (χ1n) is 7.78. The summed E-state index contributed by atoms with van der Waals surface area (Å²) in [6.07, 6.45) is 3.20. The summed E-state index contributed by atoms with van der Waals surface area (Å²) in [6.45, 7) is 3.62. The summed E-state index contributed by atoms with van der Waals surface area (Å²) in [5, 5.41) is 1.10. The van der Waals surface area contributed by atoms with Crippen LogP contribution in [0.3, 0.4) is 0 Å². The molecule has 1 aromatic carbocycles. The average molecular weight is 298 g/mol. The van der Waals surface area contributed by atoms with Crippen LogP contribution in [0.4, 0.5) is 5.82 Å². The van der Waals surface area contributed by atoms with Crippen LogP contribution in [0.15, 0.2) is 24.3 Å². The quantitative estimate of drug-likeness (QED) is 0.759. The van der Waals surface area contributed by atoms with E-state index < -0.39 is 0 Å². The van der Waals surface area contributed by atoms with E-state index in [9.17, 15) is 0 Å². The van der Waals surface area contributed by atoms with Crippen molar-refractivity contribution < 1.29 is 4.74 Å². The highest BCUT2D eigenvalue weighted by Gasteiger charge is 2.16. The zero-order chi connectivity index (χ0) is 15.5. The molecule has 0 atom stereocenters. The van der Waals surface area contributed by atoms with Gasteiger partial charge < -0.3 is 15.0 Å². The molecule has 0 fully saturated rings. The molecule has 0 aliphatic rings. The van der Waals surface area contributed by atoms with Gasteiger partial charge >= 0.3 is 0 Å². The van der Waals surface area contributed by atoms with Crippen molar-refractivity contribution in [2.24, 2.45) is 0 Å². The summed E-state index contributed by atoms with van der Waals surface area (Å²) in [5.41, 5.74) is 8.94. The highest BCUT2D eigenvalue weighted by Crippen LogP contribution is 2.29. The minimum atomic E-state index is 0.502. The molecule has 0 radical (unpaired) electrons. The van der Waals surface area contributed by atoms with Crippen molar-refractivity contribution in [3.63, 3.8) is 0 Å². The topological polar surface area (TPSA) is 66.0 Å². The standard InChI is InChI=1S/C17H22N4O/c1-3-4-9-14-20-15-16(21(14)10-11-22-2)12-7-5-6-8-13(12)19-17(15)18/h5-8H,3-4,9-11H2,1-2H3,(H2,18,19). The van der Waals surface area contributed by atoms with Gasteiger partial charge in [0.25, 0.3) is 0 Å². The minimum absolute atomic E-state index is 0.502. The van der Waals surface area contributed by atoms with E-state index in [-0.39, 0.29) is 0 Å². The Morgan fingerprint density at radius 2 is 2.05 bits per heavy atom. The number of benzene rings is 1. The molecule has 5 nitrogen and oxygen atoms in total. The van der Waals surface area contributed by atoms with Crippen LogP contribution in [0.5, 0.6) is 0 Å². The molecule has 116 valence electrons. The van der Waals surface area contributed by atoms with Crippen molar-refractivity contribution in [2.75, 3.05) is 19.5 Å². The molecular weight excluding hydrogens is 276 g/mol. The second-order valence-corrected chi connectivity index (χ2v) is 5.49. The molecule has 0 aliphatic heterocycles. The molecule has 0 spiro atoms. The first-order chi connectivity index (χ1) is 10.8. The zero-order valence-electron chi connectivity index (χ0n) is 13.2. The Morgan fingerprint density at radius 1 is 1.23 bits per heavy atom. The van der Waals surface area contributed by atoms with Gasteiger partial charge in [0, 0.05) is 25.5 Å². The van der Waals surface area contributed by atoms with Crippen LogP contribution in [0, 0.1) is 0 Å². The third-order valence-corrected chi connectivity index (χ3v) is 3.96. The van der Waals surface area contributed by atoms with Gasteiger partial charge in [0.2, 0.25) is 0 Å². The number of unbranched alkanes of at least 4 members (excludes halogenated alkanes) is 1. The number of rotatable bonds is 6. The van der Waals surface area contributed by atoms with Gasteiger partial charge in [-0.3, -0.25) is 0 Å². The van der Waals surface area contributed by atoms with E-state index in [1.165, 1.54) is 0 Å². The van der Waals surface area contributed by atoms with E-state index in [1.807, 2.05) is 18.2 Å². The Hall–Kier alpha value is -2.14. The molecule has 22 heavy (non-hydrogen) atoms. The highest BCUT2D eigenvalue weighted by atomic mass is 16.5. The summed E-state index contributed by atoms with van der Waals surface area (Å²) in [5.74, 6) is 1.57. The van der Waals surface area contributed by atoms with Gasteiger partial charge in [0.1, 0.15) is 11.3 Å². The third-order valence-electron chi connectivity index (χ3n) is 3.96. The van der Waals surface area contributed by atoms with Crippen molar-refractivity contribution in [3.8, 4) is 0 Å². The van der Waals surface area contributed by atoms with Crippen LogP contribution >= 0.6 is 0 Å². The number of imidazole rings is 1. The number of aromatic nitrogens is 3. The molecule has 0 aliphatic carbocycles. The maximum absolute atomic E-state index is 6.14. The van der Waals surface area contributed by atoms with Gasteiger partial charge in [0.15, 0.2) is 5.82 Å². The molecular formula is C17H22N4O. The number of hydrogen-bond donors (Lipinski definition) is 1. The SMILES string of the molecule is CCCCc1nc2c(N)nc3ccccc3c2n1CCOC. The van der Waals surface area contributed by atoms with Crippen LogP contribution in [0.2, 0.25) is 0 Å². The summed E-state index contributed by atoms with van der Waals surface area (Å²) in [4.78, 5) is 9.26. The Morgan fingerprint density at radius 3 is 2.82 bits per heavy atom. The maximum Gasteiger partial charge on any atom is 0.152 e. The number of anilines is 1. The predicted octanol–water partition coefficient (Wildman–Crippen LogP) is 3.16. The summed E-state index contributed by atoms with van der Waals surface area (Å²) in [6, 6.07) is 8.08. The molecule has 3 rings (SSSR count). The molecule has 2 heterocycles. The van der Waals surface area contributed by atoms with E-state index in [0.717, 1.165) is 53.6 Å². The fourth-order valence-corrected chi connectivity index (χ4v) is 2.85. The Kier molecular flexibility index (Phi) is 4.24. The smallest absolute Gasteiger partial charge is 0.152 e. The Labute approximate surface area is 130 Å². The monoisotopic (exact) mass is 298 g/mol. The van der Waals surface area contributed by atoms with Crippen LogP contribution in [-0.2, 0) is 17.7 Å². The lowest BCUT2D eigenvalue weighted by molar-refractivity contribution is 0.187. The lowest BCUT2D eigenvalue weighted by atomic mass is 10.2. The molecule has 2 N–H and O–H groups in total. The average Bonchev–Trinajstić information content (AvgIpc) is 2.90. The summed E-state index contributed by atoms with van der Waals surface area (Å²) < 4.78 is 7.52. The number of ether oxygens (including phenoxy) is 1. The number of nitrogen functional groups attached to an aromatic ring is 1. The fraction of sp³-hybridized carbons (Fsp3) is 0.412. The second-order valence-electron chi connectivity index (χ2n) is 5.49. The van der Waals surface area contributed by atoms with Gasteiger partial charge in [-0.05, 0) is 12.5 Å². The summed E-state index contributed by atoms with van der Waals surface area (Å²) >= 11 is 0. The molecule has 0 unspecified atom stereocenters. The second kappa shape index (κ2) is 6.32. The normalized spacial score (nSPS) is 11.5. The maximum atomic E-state index is 6.14. The van der Waals surface area contributed by atoms with E-state index in [1.54, 1.807) is 7.11 Å². The predicted molar refractivity (Wildman–Crippen MR) is 89.9 cm³/mol. The van der Waals surface area contributed by atoms with Gasteiger partial charge in [-0.1, -0.05) is 31.5 Å². The van der Waals surface area contributed by atoms with Crippen molar-refractivity contribution in [1.82, 2.24) is 14.5 Å². The van der Waals surface area contributed by atoms with Crippen molar-refractivity contribution in [2.45, 2.75) is 32.7 Å². The van der Waals surface area contributed by atoms with E-state index in [4.69, 9.17) is 15.5 Å². The number of nitrogens with two attached hydrogens (primary N) is 1. The highest BCUT2D eigenvalue weighted by molar-refractivity contribution is 6.06. The van der Waals surface area contributed by atoms with Crippen LogP contribution in [0.1, 0.15) is 25.6 Å². The first-order valence-corrected chi connectivity index (χ1v) is 7.78. The number of aryl methyl sites for hydroxylation is 1. The van der Waals surface area contributed by atoms with Crippen LogP contribution in [-0.4, -0.2) is 28.3 Å². The lowest BCUT2D eigenvalue weighted by Gasteiger charge is -2.10. The van der Waals surface area contributed by atoms with Gasteiger partial charge in [-0.2, -0.15) is 0 Å². The van der Waals surface area contributed by atoms with Crippen LogP contribution in [0.25, 0.3) is 21.9 Å². The number of para-hydroxylation sites is 1. The number of fused-ring (bicyclic) bond motifs is 3. The minimum Gasteiger partial charge on any atom is -0.383 e. The molecule has 5 heteroatoms. The van der Waals surface area contributed by atoms with E-state index in [0.29, 0.717) is 12.4 Å². The molecule has 0 saturated heterocycles. The van der Waals surface area contributed by atoms with Crippen molar-refractivity contribution in [3.05, 3.63) is 30.1 Å². The summed E-state index contributed by atoms with van der Waals surface area (Å²) in [7, 11) is 1.72. The molecule has 2 aromatic heterocycles. The van der Waals surface area contributed by atoms with Crippen molar-refractivity contribution >= 4 is 27.8 Å². The lowest BCUT2D eigenvalue weighted by Crippen LogP contribution is -2.08. The van der Waals surface area contributed by atoms with Gasteiger partial charge in [-0.25, -0.2) is 9.97 Å². The Bertz CT molecular complexity index is 794. The number of hydrogen-bond acceptors (Lipinski definition) is 4. The number of methoxy groups -OCH3 is 1. The first kappa shape index (κ1) is 14.8. The van der Waals surface area contributed by atoms with E-state index in [2.05, 4.69) is 22.5 Å². The number of nitrogens with zero attached hydrogens (tertiary/aromatic N) is 3. The largest absolute Gasteiger partial charge is 0.383 e. The molecule has 0 bridgehead atoms. The van der Waals surface area contributed by atoms with Gasteiger partial charge in [-0.15, -0.1) is 0 Å². The number of pyridine rings is 1. The molecule has 0 amide bonds. The fourth-order valence-electron chi connectivity index (χ4n) is 2.85. The third kappa shape index (κ3) is 2.52. The molecule has 0 saturated carbocycles. The van der Waals surface area contributed by atoms with Crippen molar-refractivity contribution in [1.29, 1.82) is 0 Å². The van der Waals surface area contributed by atoms with Gasteiger partial charge in [0.05, 0.1) is 17.6 Å². The van der Waals surface area contributed by atoms with Crippen LogP contribution < -0.4 is 5.73 Å². The molecule has 3 aromatic rings. The van der Waals surface area contributed by atoms with E-state index >= 15 is 0 Å². The zero-order valence-corrected chi connectivity index (χ0v) is 13.2.